The van der Waals surface area contributed by atoms with Gasteiger partial charge in [0.15, 0.2) is 0 Å². The van der Waals surface area contributed by atoms with Crippen LogP contribution in [0.4, 0.5) is 0 Å². The molecule has 0 saturated carbocycles. The first-order valence-corrected chi connectivity index (χ1v) is 8.01. The van der Waals surface area contributed by atoms with Crippen molar-refractivity contribution >= 4 is 33.2 Å². The van der Waals surface area contributed by atoms with Crippen molar-refractivity contribution < 1.29 is 4.79 Å². The van der Waals surface area contributed by atoms with Crippen LogP contribution in [0.2, 0.25) is 0 Å². The lowest BCUT2D eigenvalue weighted by Gasteiger charge is -2.06. The van der Waals surface area contributed by atoms with Crippen LogP contribution in [0, 0.1) is 0 Å². The summed E-state index contributed by atoms with van der Waals surface area (Å²) in [6.07, 6.45) is 0.811. The van der Waals surface area contributed by atoms with Crippen LogP contribution in [0.15, 0.2) is 34.1 Å². The van der Waals surface area contributed by atoms with Gasteiger partial charge in [0.2, 0.25) is 0 Å². The number of aromatic nitrogens is 1. The Balaban J connectivity index is 1.99. The minimum absolute atomic E-state index is 0.0928. The van der Waals surface area contributed by atoms with Gasteiger partial charge in [-0.15, -0.1) is 11.3 Å². The largest absolute Gasteiger partial charge is 0.347 e. The highest BCUT2D eigenvalue weighted by Gasteiger charge is 2.14. The van der Waals surface area contributed by atoms with Crippen LogP contribution in [0.25, 0.3) is 0 Å². The van der Waals surface area contributed by atoms with Gasteiger partial charge < -0.3 is 11.1 Å². The number of rotatable bonds is 5. The molecule has 4 nitrogen and oxygen atoms in total. The van der Waals surface area contributed by atoms with Crippen LogP contribution in [-0.2, 0) is 6.54 Å². The van der Waals surface area contributed by atoms with E-state index in [9.17, 15) is 4.79 Å². The topological polar surface area (TPSA) is 68.0 Å². The zero-order valence-electron chi connectivity index (χ0n) is 11.1. The molecule has 0 bridgehead atoms. The summed E-state index contributed by atoms with van der Waals surface area (Å²) in [6, 6.07) is 7.69. The van der Waals surface area contributed by atoms with E-state index in [1.165, 1.54) is 11.3 Å². The molecule has 0 radical (unpaired) electrons. The Morgan fingerprint density at radius 3 is 2.95 bits per heavy atom. The predicted octanol–water partition coefficient (Wildman–Crippen LogP) is 3.25. The molecule has 6 heteroatoms. The van der Waals surface area contributed by atoms with Crippen LogP contribution >= 0.6 is 27.3 Å². The second kappa shape index (κ2) is 6.97. The zero-order chi connectivity index (χ0) is 14.5. The monoisotopic (exact) mass is 353 g/mol. The second-order valence-electron chi connectivity index (χ2n) is 4.36. The van der Waals surface area contributed by atoms with Crippen molar-refractivity contribution in [3.05, 3.63) is 50.4 Å². The third kappa shape index (κ3) is 3.65. The molecule has 1 aromatic heterocycles. The van der Waals surface area contributed by atoms with Gasteiger partial charge in [0, 0.05) is 16.4 Å². The minimum atomic E-state index is -0.174. The molecule has 0 spiro atoms. The summed E-state index contributed by atoms with van der Waals surface area (Å²) in [6.45, 7) is 2.46. The highest BCUT2D eigenvalue weighted by molar-refractivity contribution is 9.10. The van der Waals surface area contributed by atoms with E-state index in [2.05, 4.69) is 26.2 Å². The number of carbonyl (C=O) groups excluding carboxylic acids is 1. The highest BCUT2D eigenvalue weighted by Crippen LogP contribution is 2.19. The maximum Gasteiger partial charge on any atom is 0.271 e. The fourth-order valence-corrected chi connectivity index (χ4v) is 2.95. The third-order valence-corrected chi connectivity index (χ3v) is 4.66. The summed E-state index contributed by atoms with van der Waals surface area (Å²) < 4.78 is 0.979. The summed E-state index contributed by atoms with van der Waals surface area (Å²) in [5, 5.41) is 5.42. The number of hydrogen-bond donors (Lipinski definition) is 2. The van der Waals surface area contributed by atoms with Crippen LogP contribution in [0.3, 0.4) is 0 Å². The van der Waals surface area contributed by atoms with Crippen molar-refractivity contribution in [2.45, 2.75) is 25.9 Å². The Kier molecular flexibility index (Phi) is 5.28. The molecule has 0 aliphatic rings. The molecular weight excluding hydrogens is 338 g/mol. The normalized spacial score (nSPS) is 12.2. The Morgan fingerprint density at radius 2 is 2.25 bits per heavy atom. The maximum atomic E-state index is 12.0. The molecule has 20 heavy (non-hydrogen) atoms. The van der Waals surface area contributed by atoms with Crippen molar-refractivity contribution in [2.24, 2.45) is 5.73 Å². The summed E-state index contributed by atoms with van der Waals surface area (Å²) in [4.78, 5) is 16.3. The first-order chi connectivity index (χ1) is 9.61. The number of benzene rings is 1. The first kappa shape index (κ1) is 15.2. The fourth-order valence-electron chi connectivity index (χ4n) is 1.64. The lowest BCUT2D eigenvalue weighted by Crippen LogP contribution is -2.23. The molecule has 1 heterocycles. The van der Waals surface area contributed by atoms with Crippen molar-refractivity contribution in [1.82, 2.24) is 10.3 Å². The van der Waals surface area contributed by atoms with E-state index in [1.807, 2.05) is 31.2 Å². The first-order valence-electron chi connectivity index (χ1n) is 6.34. The van der Waals surface area contributed by atoms with Gasteiger partial charge in [-0.05, 0) is 18.1 Å². The molecule has 0 aliphatic carbocycles. The Morgan fingerprint density at radius 1 is 1.50 bits per heavy atom. The van der Waals surface area contributed by atoms with E-state index in [0.717, 1.165) is 21.5 Å². The van der Waals surface area contributed by atoms with Crippen LogP contribution in [0.5, 0.6) is 0 Å². The van der Waals surface area contributed by atoms with Crippen molar-refractivity contribution in [1.29, 1.82) is 0 Å². The average Bonchev–Trinajstić information content (AvgIpc) is 2.95. The number of amides is 1. The molecule has 106 valence electrons. The van der Waals surface area contributed by atoms with Gasteiger partial charge in [0.1, 0.15) is 10.7 Å². The SMILES string of the molecule is CCC(N)c1nc(C(=O)NCc2ccccc2Br)cs1. The standard InChI is InChI=1S/C14H16BrN3OS/c1-2-11(16)14-18-12(8-20-14)13(19)17-7-9-5-3-4-6-10(9)15/h3-6,8,11H,2,7,16H2,1H3,(H,17,19). The fraction of sp³-hybridized carbons (Fsp3) is 0.286. The van der Waals surface area contributed by atoms with Gasteiger partial charge >= 0.3 is 0 Å². The smallest absolute Gasteiger partial charge is 0.271 e. The molecule has 3 N–H and O–H groups in total. The number of nitrogens with zero attached hydrogens (tertiary/aromatic N) is 1. The summed E-state index contributed by atoms with van der Waals surface area (Å²) in [7, 11) is 0. The molecule has 1 unspecified atom stereocenters. The molecule has 0 aliphatic heterocycles. The van der Waals surface area contributed by atoms with Gasteiger partial charge in [0.25, 0.3) is 5.91 Å². The number of nitrogens with one attached hydrogen (secondary N) is 1. The molecule has 2 aromatic rings. The van der Waals surface area contributed by atoms with Crippen LogP contribution in [-0.4, -0.2) is 10.9 Å². The molecule has 1 aromatic carbocycles. The minimum Gasteiger partial charge on any atom is -0.347 e. The summed E-state index contributed by atoms with van der Waals surface area (Å²) in [5.41, 5.74) is 7.36. The van der Waals surface area contributed by atoms with E-state index in [-0.39, 0.29) is 11.9 Å². The molecule has 2 rings (SSSR count). The van der Waals surface area contributed by atoms with Gasteiger partial charge in [-0.25, -0.2) is 4.98 Å². The van der Waals surface area contributed by atoms with Crippen LogP contribution in [0.1, 0.15) is 40.4 Å². The molecular formula is C14H16BrN3OS. The second-order valence-corrected chi connectivity index (χ2v) is 6.10. The van der Waals surface area contributed by atoms with Crippen LogP contribution < -0.4 is 11.1 Å². The van der Waals surface area contributed by atoms with Crippen molar-refractivity contribution in [2.75, 3.05) is 0 Å². The van der Waals surface area contributed by atoms with Gasteiger partial charge in [-0.2, -0.15) is 0 Å². The Labute approximate surface area is 130 Å². The molecule has 0 fully saturated rings. The van der Waals surface area contributed by atoms with E-state index >= 15 is 0 Å². The lowest BCUT2D eigenvalue weighted by atomic mass is 10.2. The number of nitrogens with two attached hydrogens (primary N) is 1. The molecule has 1 amide bonds. The van der Waals surface area contributed by atoms with E-state index < -0.39 is 0 Å². The highest BCUT2D eigenvalue weighted by atomic mass is 79.9. The summed E-state index contributed by atoms with van der Waals surface area (Å²) in [5.74, 6) is -0.174. The van der Waals surface area contributed by atoms with Crippen molar-refractivity contribution in [3.63, 3.8) is 0 Å². The number of hydrogen-bond acceptors (Lipinski definition) is 4. The average molecular weight is 354 g/mol. The van der Waals surface area contributed by atoms with Crippen molar-refractivity contribution in [3.8, 4) is 0 Å². The molecule has 1 atom stereocenters. The maximum absolute atomic E-state index is 12.0. The zero-order valence-corrected chi connectivity index (χ0v) is 13.5. The summed E-state index contributed by atoms with van der Waals surface area (Å²) >= 11 is 4.88. The van der Waals surface area contributed by atoms with E-state index in [1.54, 1.807) is 5.38 Å². The number of carbonyl (C=O) groups is 1. The third-order valence-electron chi connectivity index (χ3n) is 2.91. The van der Waals surface area contributed by atoms with Gasteiger partial charge in [-0.3, -0.25) is 4.79 Å². The molecule has 0 saturated heterocycles. The lowest BCUT2D eigenvalue weighted by molar-refractivity contribution is 0.0946. The number of thiazole rings is 1. The Hall–Kier alpha value is -1.24. The number of halogens is 1. The Bertz CT molecular complexity index is 600. The van der Waals surface area contributed by atoms with E-state index in [0.29, 0.717) is 12.2 Å². The van der Waals surface area contributed by atoms with Gasteiger partial charge in [0.05, 0.1) is 6.04 Å². The van der Waals surface area contributed by atoms with Gasteiger partial charge in [-0.1, -0.05) is 41.1 Å². The van der Waals surface area contributed by atoms with E-state index in [4.69, 9.17) is 5.73 Å². The predicted molar refractivity (Wildman–Crippen MR) is 84.6 cm³/mol. The quantitative estimate of drug-likeness (QED) is 0.866.